The molecule has 2 fully saturated rings. The molecule has 0 aromatic carbocycles. The van der Waals surface area contributed by atoms with Crippen molar-refractivity contribution in [2.75, 3.05) is 13.1 Å². The van der Waals surface area contributed by atoms with Gasteiger partial charge in [-0.3, -0.25) is 0 Å². The molecule has 0 amide bonds. The number of hydrogen-bond donors (Lipinski definition) is 1. The van der Waals surface area contributed by atoms with E-state index in [1.54, 1.807) is 20.8 Å². The predicted octanol–water partition coefficient (Wildman–Crippen LogP) is 1.01. The summed E-state index contributed by atoms with van der Waals surface area (Å²) in [5, 5.41) is 10.2. The largest absolute Gasteiger partial charge is 0.390 e. The molecule has 2 aliphatic heterocycles. The van der Waals surface area contributed by atoms with Crippen LogP contribution in [0.15, 0.2) is 0 Å². The molecule has 2 aliphatic rings. The maximum absolute atomic E-state index is 10.2. The first kappa shape index (κ1) is 4.17. The van der Waals surface area contributed by atoms with E-state index in [9.17, 15) is 5.11 Å². The normalized spacial score (nSPS) is 77.8. The molecule has 1 N–H and O–H groups in total. The van der Waals surface area contributed by atoms with Crippen molar-refractivity contribution in [2.45, 2.75) is 33.1 Å². The fourth-order valence-electron chi connectivity index (χ4n) is 1.41. The van der Waals surface area contributed by atoms with Gasteiger partial charge in [0.2, 0.25) is 0 Å². The Bertz CT molecular complexity index is 447. The first-order chi connectivity index (χ1) is 8.53. The lowest BCUT2D eigenvalue weighted by Gasteiger charge is -2.30. The lowest BCUT2D eigenvalue weighted by atomic mass is 9.73. The molecule has 0 aliphatic carbocycles. The number of aliphatic hydroxyl groups is 1. The lowest BCUT2D eigenvalue weighted by Crippen LogP contribution is -2.34. The van der Waals surface area contributed by atoms with E-state index in [2.05, 4.69) is 4.74 Å². The Hall–Kier alpha value is -0.120. The molecule has 2 saturated heterocycles. The molecule has 0 radical (unpaired) electrons. The van der Waals surface area contributed by atoms with Crippen LogP contribution in [0.25, 0.3) is 0 Å². The Balaban J connectivity index is 2.72. The lowest BCUT2D eigenvalue weighted by molar-refractivity contribution is -0.0910. The highest BCUT2D eigenvalue weighted by atomic mass is 16.7. The molecular weight excluding hydrogens is 168 g/mol. The highest BCUT2D eigenvalue weighted by Crippen LogP contribution is 2.44. The van der Waals surface area contributed by atoms with Crippen LogP contribution >= 0.6 is 0 Å². The topological polar surface area (TPSA) is 38.7 Å². The SMILES string of the molecule is [2H]C1([2H])OC2([2H])OC([2H])([2H])C([2H])(O)C2([2H])C1C(C)(C)C. The van der Waals surface area contributed by atoms with Gasteiger partial charge in [-0.1, -0.05) is 20.8 Å². The van der Waals surface area contributed by atoms with E-state index < -0.39 is 42.7 Å². The fourth-order valence-corrected chi connectivity index (χ4v) is 1.41. The quantitative estimate of drug-likeness (QED) is 0.624. The van der Waals surface area contributed by atoms with Gasteiger partial charge in [-0.15, -0.1) is 0 Å². The highest BCUT2D eigenvalue weighted by molar-refractivity contribution is 4.93. The third kappa shape index (κ3) is 1.49. The van der Waals surface area contributed by atoms with Crippen molar-refractivity contribution in [3.05, 3.63) is 0 Å². The van der Waals surface area contributed by atoms with Gasteiger partial charge in [-0.05, 0) is 11.3 Å². The molecule has 3 heteroatoms. The van der Waals surface area contributed by atoms with Crippen molar-refractivity contribution in [2.24, 2.45) is 17.2 Å². The number of hydrogen-bond acceptors (Lipinski definition) is 3. The van der Waals surface area contributed by atoms with E-state index in [4.69, 9.17) is 14.3 Å². The predicted molar refractivity (Wildman–Crippen MR) is 48.1 cm³/mol. The van der Waals surface area contributed by atoms with E-state index in [0.29, 0.717) is 0 Å². The van der Waals surface area contributed by atoms with Crippen LogP contribution in [-0.4, -0.2) is 30.6 Å². The minimum atomic E-state index is -3.15. The van der Waals surface area contributed by atoms with Gasteiger partial charge in [0.1, 0.15) is 0 Å². The first-order valence-corrected chi connectivity index (χ1v) is 4.16. The molecule has 0 saturated carbocycles. The van der Waals surface area contributed by atoms with Gasteiger partial charge in [0.05, 0.1) is 27.4 Å². The second-order valence-electron chi connectivity index (χ2n) is 4.27. The molecule has 4 atom stereocenters. The van der Waals surface area contributed by atoms with Crippen LogP contribution < -0.4 is 0 Å². The third-order valence-electron chi connectivity index (χ3n) is 2.14. The van der Waals surface area contributed by atoms with Gasteiger partial charge < -0.3 is 14.6 Å². The zero-order valence-electron chi connectivity index (χ0n) is 14.8. The van der Waals surface area contributed by atoms with Gasteiger partial charge in [0.25, 0.3) is 0 Å². The maximum atomic E-state index is 10.2. The summed E-state index contributed by atoms with van der Waals surface area (Å²) in [6, 6.07) is 0. The van der Waals surface area contributed by atoms with Gasteiger partial charge >= 0.3 is 0 Å². The number of rotatable bonds is 0. The smallest absolute Gasteiger partial charge is 0.163 e. The van der Waals surface area contributed by atoms with E-state index in [0.717, 1.165) is 0 Å². The summed E-state index contributed by atoms with van der Waals surface area (Å²) in [5.74, 6) is -4.09. The van der Waals surface area contributed by atoms with Crippen LogP contribution in [0.2, 0.25) is 0 Å². The van der Waals surface area contributed by atoms with Crippen LogP contribution in [0, 0.1) is 17.2 Å². The average molecular weight is 193 g/mol. The maximum Gasteiger partial charge on any atom is 0.163 e. The van der Waals surface area contributed by atoms with Gasteiger partial charge in [-0.25, -0.2) is 0 Å². The van der Waals surface area contributed by atoms with Crippen molar-refractivity contribution in [1.29, 1.82) is 0 Å². The van der Waals surface area contributed by atoms with E-state index in [-0.39, 0.29) is 0 Å². The third-order valence-corrected chi connectivity index (χ3v) is 2.14. The molecule has 2 heterocycles. The summed E-state index contributed by atoms with van der Waals surface area (Å²) in [6.45, 7) is -0.801. The first-order valence-electron chi connectivity index (χ1n) is 7.66. The Morgan fingerprint density at radius 3 is 2.62 bits per heavy atom. The zero-order chi connectivity index (χ0) is 16.0. The molecule has 4 unspecified atom stereocenters. The monoisotopic (exact) mass is 193 g/mol. The summed E-state index contributed by atoms with van der Waals surface area (Å²) in [4.78, 5) is 0. The Morgan fingerprint density at radius 1 is 1.38 bits per heavy atom. The molecule has 2 rings (SSSR count). The van der Waals surface area contributed by atoms with E-state index in [1.807, 2.05) is 0 Å². The number of ether oxygens (including phenoxy) is 2. The summed E-state index contributed by atoms with van der Waals surface area (Å²) >= 11 is 0. The Morgan fingerprint density at radius 2 is 2.00 bits per heavy atom. The van der Waals surface area contributed by atoms with Crippen molar-refractivity contribution in [3.63, 3.8) is 0 Å². The molecule has 76 valence electrons. The van der Waals surface area contributed by atoms with Crippen LogP contribution in [0.3, 0.4) is 0 Å². The van der Waals surface area contributed by atoms with Crippen LogP contribution in [0.4, 0.5) is 0 Å². The zero-order valence-corrected chi connectivity index (χ0v) is 7.84. The van der Waals surface area contributed by atoms with E-state index >= 15 is 0 Å². The average Bonchev–Trinajstić information content (AvgIpc) is 2.31. The van der Waals surface area contributed by atoms with Crippen molar-refractivity contribution in [3.8, 4) is 0 Å². The van der Waals surface area contributed by atoms with Crippen molar-refractivity contribution in [1.82, 2.24) is 0 Å². The van der Waals surface area contributed by atoms with E-state index in [1.165, 1.54) is 0 Å². The highest BCUT2D eigenvalue weighted by Gasteiger charge is 2.50. The standard InChI is InChI=1S/C10H18O3/c1-10(2,3)6-4-12-9-8(6)7(11)5-13-9/h6-9,11H,4-5H2,1-3H3/i4D2,5D2,7D,8D,9D. The van der Waals surface area contributed by atoms with Gasteiger partial charge in [-0.2, -0.15) is 0 Å². The van der Waals surface area contributed by atoms with Crippen LogP contribution in [-0.2, 0) is 9.47 Å². The van der Waals surface area contributed by atoms with Gasteiger partial charge in [0.15, 0.2) is 6.27 Å². The molecule has 0 aromatic heterocycles. The molecule has 0 spiro atoms. The molecule has 3 nitrogen and oxygen atoms in total. The van der Waals surface area contributed by atoms with Crippen LogP contribution in [0.5, 0.6) is 0 Å². The van der Waals surface area contributed by atoms with Gasteiger partial charge in [0, 0.05) is 7.26 Å². The summed E-state index contributed by atoms with van der Waals surface area (Å²) < 4.78 is 64.4. The minimum absolute atomic E-state index is 0.965. The summed E-state index contributed by atoms with van der Waals surface area (Å²) in [5.41, 5.74) is -0.965. The fraction of sp³-hybridized carbons (Fsp3) is 1.00. The second-order valence-corrected chi connectivity index (χ2v) is 4.27. The van der Waals surface area contributed by atoms with Crippen LogP contribution in [0.1, 0.15) is 30.4 Å². The van der Waals surface area contributed by atoms with Crippen molar-refractivity contribution < 1.29 is 24.2 Å². The molecular formula is C10H18O3. The summed E-state index contributed by atoms with van der Waals surface area (Å²) in [6.07, 6.45) is -5.95. The molecule has 13 heavy (non-hydrogen) atoms. The Kier molecular flexibility index (Phi) is 0.942. The summed E-state index contributed by atoms with van der Waals surface area (Å²) in [7, 11) is 0. The Labute approximate surface area is 88.9 Å². The second kappa shape index (κ2) is 2.94. The minimum Gasteiger partial charge on any atom is -0.390 e. The van der Waals surface area contributed by atoms with Crippen molar-refractivity contribution >= 4 is 0 Å². The molecule has 0 bridgehead atoms. The number of fused-ring (bicyclic) bond motifs is 1. The molecule has 0 aromatic rings.